The third-order valence-electron chi connectivity index (χ3n) is 3.26. The van der Waals surface area contributed by atoms with Gasteiger partial charge in [0.05, 0.1) is 6.54 Å². The molecule has 0 aliphatic carbocycles. The van der Waals surface area contributed by atoms with Crippen molar-refractivity contribution in [3.05, 3.63) is 65.2 Å². The minimum Gasteiger partial charge on any atom is -0.508 e. The van der Waals surface area contributed by atoms with Crippen LogP contribution in [0.15, 0.2) is 53.5 Å². The van der Waals surface area contributed by atoms with Gasteiger partial charge in [-0.15, -0.1) is 0 Å². The van der Waals surface area contributed by atoms with Crippen LogP contribution in [0.5, 0.6) is 5.75 Å². The number of hydrogen-bond acceptors (Lipinski definition) is 2. The molecule has 0 spiro atoms. The predicted molar refractivity (Wildman–Crippen MR) is 90.9 cm³/mol. The molecule has 0 atom stereocenters. The highest BCUT2D eigenvalue weighted by Gasteiger charge is 1.99. The molecule has 0 saturated carbocycles. The molecule has 3 N–H and O–H groups in total. The number of aromatic hydroxyl groups is 1. The number of phenolic OH excluding ortho intramolecular Hbond substituents is 1. The van der Waals surface area contributed by atoms with Gasteiger partial charge in [-0.2, -0.15) is 0 Å². The normalized spacial score (nSPS) is 11.3. The summed E-state index contributed by atoms with van der Waals surface area (Å²) in [6.45, 7) is 6.18. The molecule has 4 heteroatoms. The number of hydrogen-bond donors (Lipinski definition) is 3. The van der Waals surface area contributed by atoms with Gasteiger partial charge in [0.1, 0.15) is 5.75 Å². The Labute approximate surface area is 131 Å². The maximum Gasteiger partial charge on any atom is 0.191 e. The number of rotatable bonds is 5. The van der Waals surface area contributed by atoms with E-state index in [0.717, 1.165) is 24.6 Å². The van der Waals surface area contributed by atoms with Crippen LogP contribution in [0.3, 0.4) is 0 Å². The van der Waals surface area contributed by atoms with Gasteiger partial charge in [0.2, 0.25) is 0 Å². The van der Waals surface area contributed by atoms with Gasteiger partial charge in [0.15, 0.2) is 5.96 Å². The minimum absolute atomic E-state index is 0.269. The van der Waals surface area contributed by atoms with Gasteiger partial charge in [-0.1, -0.05) is 42.0 Å². The number of nitrogens with one attached hydrogen (secondary N) is 2. The zero-order chi connectivity index (χ0) is 15.8. The Morgan fingerprint density at radius 1 is 1.05 bits per heavy atom. The minimum atomic E-state index is 0.269. The summed E-state index contributed by atoms with van der Waals surface area (Å²) in [7, 11) is 0. The highest BCUT2D eigenvalue weighted by Crippen LogP contribution is 2.11. The molecular weight excluding hydrogens is 274 g/mol. The second-order valence-corrected chi connectivity index (χ2v) is 5.20. The molecule has 2 aromatic carbocycles. The molecule has 116 valence electrons. The zero-order valence-electron chi connectivity index (χ0n) is 13.1. The monoisotopic (exact) mass is 297 g/mol. The highest BCUT2D eigenvalue weighted by atomic mass is 16.3. The van der Waals surface area contributed by atoms with Gasteiger partial charge >= 0.3 is 0 Å². The van der Waals surface area contributed by atoms with Crippen molar-refractivity contribution >= 4 is 5.96 Å². The maximum absolute atomic E-state index is 9.48. The maximum atomic E-state index is 9.48. The highest BCUT2D eigenvalue weighted by molar-refractivity contribution is 5.79. The van der Waals surface area contributed by atoms with Crippen LogP contribution in [-0.4, -0.2) is 17.6 Å². The van der Waals surface area contributed by atoms with Crippen LogP contribution < -0.4 is 10.6 Å². The molecule has 2 rings (SSSR count). The summed E-state index contributed by atoms with van der Waals surface area (Å²) in [4.78, 5) is 4.54. The lowest BCUT2D eigenvalue weighted by molar-refractivity contribution is 0.474. The van der Waals surface area contributed by atoms with Gasteiger partial charge in [0.25, 0.3) is 0 Å². The molecule has 0 radical (unpaired) electrons. The van der Waals surface area contributed by atoms with E-state index in [1.807, 2.05) is 19.1 Å². The molecule has 22 heavy (non-hydrogen) atoms. The van der Waals surface area contributed by atoms with E-state index in [-0.39, 0.29) is 5.75 Å². The SMILES string of the molecule is CCNC(=NCc1cccc(O)c1)NCc1ccc(C)cc1. The van der Waals surface area contributed by atoms with Crippen molar-refractivity contribution in [1.82, 2.24) is 10.6 Å². The van der Waals surface area contributed by atoms with E-state index in [4.69, 9.17) is 0 Å². The standard InChI is InChI=1S/C18H23N3O/c1-3-19-18(20-12-15-9-7-14(2)8-10-15)21-13-16-5-4-6-17(22)11-16/h4-11,22H,3,12-13H2,1-2H3,(H2,19,20,21). The molecule has 0 saturated heterocycles. The summed E-state index contributed by atoms with van der Waals surface area (Å²) in [6, 6.07) is 15.6. The molecule has 0 heterocycles. The molecule has 0 fully saturated rings. The van der Waals surface area contributed by atoms with Crippen molar-refractivity contribution in [2.75, 3.05) is 6.54 Å². The van der Waals surface area contributed by atoms with Gasteiger partial charge in [-0.05, 0) is 37.1 Å². The van der Waals surface area contributed by atoms with Crippen LogP contribution in [0.4, 0.5) is 0 Å². The Kier molecular flexibility index (Phi) is 5.83. The molecule has 0 aromatic heterocycles. The fraction of sp³-hybridized carbons (Fsp3) is 0.278. The number of guanidine groups is 1. The van der Waals surface area contributed by atoms with Crippen molar-refractivity contribution in [1.29, 1.82) is 0 Å². The smallest absolute Gasteiger partial charge is 0.191 e. The average Bonchev–Trinajstić information content (AvgIpc) is 2.52. The van der Waals surface area contributed by atoms with Crippen LogP contribution in [0.1, 0.15) is 23.6 Å². The third-order valence-corrected chi connectivity index (χ3v) is 3.26. The second kappa shape index (κ2) is 8.08. The quantitative estimate of drug-likeness (QED) is 0.587. The summed E-state index contributed by atoms with van der Waals surface area (Å²) in [5.74, 6) is 1.04. The van der Waals surface area contributed by atoms with Crippen molar-refractivity contribution in [3.8, 4) is 5.75 Å². The molecule has 0 amide bonds. The van der Waals surface area contributed by atoms with E-state index in [1.54, 1.807) is 12.1 Å². The summed E-state index contributed by atoms with van der Waals surface area (Å²) < 4.78 is 0. The first-order chi connectivity index (χ1) is 10.7. The Hall–Kier alpha value is -2.49. The summed E-state index contributed by atoms with van der Waals surface area (Å²) in [5.41, 5.74) is 3.45. The van der Waals surface area contributed by atoms with Crippen LogP contribution in [0.2, 0.25) is 0 Å². The fourth-order valence-corrected chi connectivity index (χ4v) is 2.06. The number of aliphatic imine (C=N–C) groups is 1. The molecule has 2 aromatic rings. The van der Waals surface area contributed by atoms with Gasteiger partial charge < -0.3 is 15.7 Å². The fourth-order valence-electron chi connectivity index (χ4n) is 2.06. The Morgan fingerprint density at radius 3 is 2.50 bits per heavy atom. The van der Waals surface area contributed by atoms with Crippen molar-refractivity contribution in [2.24, 2.45) is 4.99 Å². The van der Waals surface area contributed by atoms with Crippen LogP contribution in [0, 0.1) is 6.92 Å². The first kappa shape index (κ1) is 15.9. The number of aryl methyl sites for hydroxylation is 1. The van der Waals surface area contributed by atoms with Crippen LogP contribution in [0.25, 0.3) is 0 Å². The van der Waals surface area contributed by atoms with E-state index in [2.05, 4.69) is 46.8 Å². The largest absolute Gasteiger partial charge is 0.508 e. The first-order valence-corrected chi connectivity index (χ1v) is 7.53. The van der Waals surface area contributed by atoms with Crippen molar-refractivity contribution in [2.45, 2.75) is 26.9 Å². The first-order valence-electron chi connectivity index (χ1n) is 7.53. The van der Waals surface area contributed by atoms with E-state index in [9.17, 15) is 5.11 Å². The van der Waals surface area contributed by atoms with Crippen molar-refractivity contribution in [3.63, 3.8) is 0 Å². The molecule has 0 aliphatic heterocycles. The summed E-state index contributed by atoms with van der Waals surface area (Å²) in [6.07, 6.45) is 0. The number of benzene rings is 2. The molecule has 0 unspecified atom stereocenters. The summed E-state index contributed by atoms with van der Waals surface area (Å²) >= 11 is 0. The Bertz CT molecular complexity index is 620. The second-order valence-electron chi connectivity index (χ2n) is 5.20. The lowest BCUT2D eigenvalue weighted by Crippen LogP contribution is -2.36. The van der Waals surface area contributed by atoms with E-state index >= 15 is 0 Å². The molecule has 4 nitrogen and oxygen atoms in total. The van der Waals surface area contributed by atoms with Gasteiger partial charge in [0, 0.05) is 13.1 Å². The Morgan fingerprint density at radius 2 is 1.82 bits per heavy atom. The Balaban J connectivity index is 1.96. The zero-order valence-corrected chi connectivity index (χ0v) is 13.1. The van der Waals surface area contributed by atoms with Crippen LogP contribution in [-0.2, 0) is 13.1 Å². The topological polar surface area (TPSA) is 56.7 Å². The lowest BCUT2D eigenvalue weighted by Gasteiger charge is -2.11. The molecule has 0 bridgehead atoms. The lowest BCUT2D eigenvalue weighted by atomic mass is 10.1. The van der Waals surface area contributed by atoms with Crippen LogP contribution >= 0.6 is 0 Å². The number of phenols is 1. The molecular formula is C18H23N3O. The third kappa shape index (κ3) is 5.13. The summed E-state index contributed by atoms with van der Waals surface area (Å²) in [5, 5.41) is 16.0. The van der Waals surface area contributed by atoms with Gasteiger partial charge in [-0.25, -0.2) is 4.99 Å². The van der Waals surface area contributed by atoms with E-state index in [0.29, 0.717) is 6.54 Å². The average molecular weight is 297 g/mol. The number of nitrogens with zero attached hydrogens (tertiary/aromatic N) is 1. The van der Waals surface area contributed by atoms with E-state index in [1.165, 1.54) is 11.1 Å². The predicted octanol–water partition coefficient (Wildman–Crippen LogP) is 2.96. The van der Waals surface area contributed by atoms with Crippen molar-refractivity contribution < 1.29 is 5.11 Å². The molecule has 0 aliphatic rings. The van der Waals surface area contributed by atoms with Gasteiger partial charge in [-0.3, -0.25) is 0 Å². The van der Waals surface area contributed by atoms with E-state index < -0.39 is 0 Å².